The van der Waals surface area contributed by atoms with Gasteiger partial charge in [-0.15, -0.1) is 0 Å². The minimum Gasteiger partial charge on any atom is -0.463 e. The molecule has 1 saturated carbocycles. The summed E-state index contributed by atoms with van der Waals surface area (Å²) in [6.45, 7) is -0.815. The molecule has 22 heavy (non-hydrogen) atoms. The number of halogens is 1. The van der Waals surface area contributed by atoms with Crippen LogP contribution in [0.5, 0.6) is 5.75 Å². The van der Waals surface area contributed by atoms with Crippen molar-refractivity contribution in [2.75, 3.05) is 12.2 Å². The van der Waals surface area contributed by atoms with Crippen molar-refractivity contribution in [2.45, 2.75) is 18.9 Å². The van der Waals surface area contributed by atoms with Crippen molar-refractivity contribution in [1.82, 2.24) is 9.38 Å². The Hall–Kier alpha value is -2.56. The highest BCUT2D eigenvalue weighted by Gasteiger charge is 2.20. The lowest BCUT2D eigenvalue weighted by Gasteiger charge is -2.03. The molecule has 4 nitrogen and oxygen atoms in total. The third kappa shape index (κ3) is 2.62. The third-order valence-electron chi connectivity index (χ3n) is 3.78. The Balaban J connectivity index is 1.63. The molecule has 1 fully saturated rings. The summed E-state index contributed by atoms with van der Waals surface area (Å²) >= 11 is 0. The Morgan fingerprint density at radius 2 is 2.05 bits per heavy atom. The molecule has 0 radical (unpaired) electrons. The molecule has 1 aliphatic carbocycles. The number of alkyl halides is 1. The molecule has 0 aliphatic heterocycles. The summed E-state index contributed by atoms with van der Waals surface area (Å²) in [6, 6.07) is 12.0. The van der Waals surface area contributed by atoms with E-state index in [4.69, 9.17) is 4.74 Å². The Morgan fingerprint density at radius 3 is 2.77 bits per heavy atom. The molecule has 3 aromatic rings. The fourth-order valence-electron chi connectivity index (χ4n) is 2.46. The first kappa shape index (κ1) is 13.1. The molecular formula is C17H16FN3O. The molecule has 0 amide bonds. The van der Waals surface area contributed by atoms with E-state index in [1.54, 1.807) is 12.1 Å². The summed E-state index contributed by atoms with van der Waals surface area (Å²) < 4.78 is 18.9. The maximum Gasteiger partial charge on any atom is 0.228 e. The second-order valence-corrected chi connectivity index (χ2v) is 5.50. The number of hydrogen-bond acceptors (Lipinski definition) is 3. The first-order valence-electron chi connectivity index (χ1n) is 7.36. The molecule has 1 N–H and O–H groups in total. The zero-order valence-corrected chi connectivity index (χ0v) is 12.0. The minimum absolute atomic E-state index is 0.519. The molecule has 0 bridgehead atoms. The van der Waals surface area contributed by atoms with Gasteiger partial charge in [-0.2, -0.15) is 0 Å². The summed E-state index contributed by atoms with van der Waals surface area (Å²) in [5.41, 5.74) is 3.88. The number of imidazole rings is 1. The number of anilines is 1. The Bertz CT molecular complexity index is 793. The summed E-state index contributed by atoms with van der Waals surface area (Å²) in [5.74, 6) is 0.519. The third-order valence-corrected chi connectivity index (χ3v) is 3.78. The smallest absolute Gasteiger partial charge is 0.228 e. The number of hydrogen-bond donors (Lipinski definition) is 1. The largest absolute Gasteiger partial charge is 0.463 e. The number of rotatable bonds is 5. The average molecular weight is 297 g/mol. The van der Waals surface area contributed by atoms with Crippen LogP contribution in [0.4, 0.5) is 10.1 Å². The SMILES string of the molecule is FCOc1ccc(-c2cn3ccc(NC4CC4)cc3n2)cc1. The number of fused-ring (bicyclic) bond motifs is 1. The summed E-state index contributed by atoms with van der Waals surface area (Å²) in [4.78, 5) is 4.66. The molecule has 0 saturated heterocycles. The van der Waals surface area contributed by atoms with E-state index in [0.29, 0.717) is 11.8 Å². The van der Waals surface area contributed by atoms with E-state index in [1.807, 2.05) is 28.9 Å². The molecule has 0 spiro atoms. The highest BCUT2D eigenvalue weighted by atomic mass is 19.1. The molecule has 1 aliphatic rings. The van der Waals surface area contributed by atoms with Crippen molar-refractivity contribution in [2.24, 2.45) is 0 Å². The number of pyridine rings is 1. The van der Waals surface area contributed by atoms with Crippen LogP contribution in [0.2, 0.25) is 0 Å². The fraction of sp³-hybridized carbons (Fsp3) is 0.235. The van der Waals surface area contributed by atoms with Gasteiger partial charge in [0.1, 0.15) is 11.4 Å². The molecule has 2 heterocycles. The summed E-state index contributed by atoms with van der Waals surface area (Å²) in [5, 5.41) is 3.47. The van der Waals surface area contributed by atoms with Crippen LogP contribution in [0.1, 0.15) is 12.8 Å². The van der Waals surface area contributed by atoms with Gasteiger partial charge < -0.3 is 14.5 Å². The van der Waals surface area contributed by atoms with Crippen molar-refractivity contribution in [1.29, 1.82) is 0 Å². The van der Waals surface area contributed by atoms with Gasteiger partial charge in [0, 0.05) is 35.8 Å². The Kier molecular flexibility index (Phi) is 3.18. The quantitative estimate of drug-likeness (QED) is 0.776. The monoisotopic (exact) mass is 297 g/mol. The van der Waals surface area contributed by atoms with Crippen LogP contribution in [-0.4, -0.2) is 22.3 Å². The van der Waals surface area contributed by atoms with E-state index in [9.17, 15) is 4.39 Å². The highest BCUT2D eigenvalue weighted by molar-refractivity contribution is 5.65. The molecule has 112 valence electrons. The van der Waals surface area contributed by atoms with Crippen LogP contribution in [0.15, 0.2) is 48.8 Å². The maximum absolute atomic E-state index is 12.1. The van der Waals surface area contributed by atoms with Crippen molar-refractivity contribution in [3.63, 3.8) is 0 Å². The number of nitrogens with one attached hydrogen (secondary N) is 1. The van der Waals surface area contributed by atoms with Gasteiger partial charge in [-0.3, -0.25) is 0 Å². The second-order valence-electron chi connectivity index (χ2n) is 5.50. The van der Waals surface area contributed by atoms with E-state index < -0.39 is 6.86 Å². The standard InChI is InChI=1S/C17H16FN3O/c18-11-22-15-5-1-12(2-6-15)16-10-21-8-7-14(9-17(21)20-16)19-13-3-4-13/h1-2,5-10,13,19H,3-4,11H2. The van der Waals surface area contributed by atoms with Crippen LogP contribution < -0.4 is 10.1 Å². The van der Waals surface area contributed by atoms with E-state index in [2.05, 4.69) is 22.4 Å². The number of aromatic nitrogens is 2. The topological polar surface area (TPSA) is 38.6 Å². The van der Waals surface area contributed by atoms with Gasteiger partial charge in [-0.1, -0.05) is 0 Å². The maximum atomic E-state index is 12.1. The van der Waals surface area contributed by atoms with Crippen molar-refractivity contribution in [3.05, 3.63) is 48.8 Å². The molecule has 4 rings (SSSR count). The number of nitrogens with zero attached hydrogens (tertiary/aromatic N) is 2. The van der Waals surface area contributed by atoms with Gasteiger partial charge in [0.25, 0.3) is 0 Å². The Morgan fingerprint density at radius 1 is 1.23 bits per heavy atom. The molecule has 0 atom stereocenters. The molecule has 1 aromatic carbocycles. The van der Waals surface area contributed by atoms with E-state index in [1.165, 1.54) is 12.8 Å². The lowest BCUT2D eigenvalue weighted by molar-refractivity contribution is 0.192. The van der Waals surface area contributed by atoms with Crippen LogP contribution in [-0.2, 0) is 0 Å². The van der Waals surface area contributed by atoms with E-state index >= 15 is 0 Å². The predicted molar refractivity (Wildman–Crippen MR) is 83.9 cm³/mol. The van der Waals surface area contributed by atoms with Gasteiger partial charge >= 0.3 is 0 Å². The number of ether oxygens (including phenoxy) is 1. The zero-order chi connectivity index (χ0) is 14.9. The van der Waals surface area contributed by atoms with Crippen molar-refractivity contribution in [3.8, 4) is 17.0 Å². The lowest BCUT2D eigenvalue weighted by Crippen LogP contribution is -2.00. The minimum atomic E-state index is -0.815. The van der Waals surface area contributed by atoms with Gasteiger partial charge in [-0.05, 0) is 43.2 Å². The van der Waals surface area contributed by atoms with Gasteiger partial charge in [0.15, 0.2) is 0 Å². The van der Waals surface area contributed by atoms with Crippen LogP contribution >= 0.6 is 0 Å². The average Bonchev–Trinajstić information content (AvgIpc) is 3.24. The summed E-state index contributed by atoms with van der Waals surface area (Å²) in [7, 11) is 0. The highest BCUT2D eigenvalue weighted by Crippen LogP contribution is 2.26. The first-order valence-corrected chi connectivity index (χ1v) is 7.36. The molecular weight excluding hydrogens is 281 g/mol. The number of benzene rings is 1. The van der Waals surface area contributed by atoms with Gasteiger partial charge in [-0.25, -0.2) is 9.37 Å². The molecule has 5 heteroatoms. The first-order chi connectivity index (χ1) is 10.8. The Labute approximate surface area is 127 Å². The van der Waals surface area contributed by atoms with Crippen LogP contribution in [0.3, 0.4) is 0 Å². The summed E-state index contributed by atoms with van der Waals surface area (Å²) in [6.07, 6.45) is 6.49. The lowest BCUT2D eigenvalue weighted by atomic mass is 10.2. The van der Waals surface area contributed by atoms with Crippen molar-refractivity contribution >= 4 is 11.3 Å². The zero-order valence-electron chi connectivity index (χ0n) is 12.0. The van der Waals surface area contributed by atoms with Crippen LogP contribution in [0.25, 0.3) is 16.9 Å². The normalized spacial score (nSPS) is 14.2. The van der Waals surface area contributed by atoms with E-state index in [0.717, 1.165) is 22.6 Å². The van der Waals surface area contributed by atoms with Crippen LogP contribution in [0, 0.1) is 0 Å². The van der Waals surface area contributed by atoms with Gasteiger partial charge in [0.05, 0.1) is 5.69 Å². The fourth-order valence-corrected chi connectivity index (χ4v) is 2.46. The van der Waals surface area contributed by atoms with E-state index in [-0.39, 0.29) is 0 Å². The second kappa shape index (κ2) is 5.33. The molecule has 2 aromatic heterocycles. The van der Waals surface area contributed by atoms with Gasteiger partial charge in [0.2, 0.25) is 6.86 Å². The van der Waals surface area contributed by atoms with Crippen molar-refractivity contribution < 1.29 is 9.13 Å². The molecule has 0 unspecified atom stereocenters. The predicted octanol–water partition coefficient (Wildman–Crippen LogP) is 3.88.